The maximum Gasteiger partial charge on any atom is 0.240 e. The van der Waals surface area contributed by atoms with Crippen LogP contribution in [0.25, 0.3) is 0 Å². The molecule has 0 spiro atoms. The van der Waals surface area contributed by atoms with E-state index in [0.717, 1.165) is 70.4 Å². The van der Waals surface area contributed by atoms with Crippen molar-refractivity contribution in [2.24, 2.45) is 5.92 Å². The Balaban J connectivity index is 1.30. The molecule has 3 heterocycles. The Kier molecular flexibility index (Phi) is 9.67. The third-order valence-corrected chi connectivity index (χ3v) is 10.3. The Bertz CT molecular complexity index is 1560. The van der Waals surface area contributed by atoms with Gasteiger partial charge in [-0.25, -0.2) is 4.98 Å². The number of pyridine rings is 1. The topological polar surface area (TPSA) is 54.3 Å². The molecule has 6 nitrogen and oxygen atoms in total. The van der Waals surface area contributed by atoms with Crippen molar-refractivity contribution < 1.29 is 4.79 Å². The Labute approximate surface area is 275 Å². The molecule has 0 radical (unpaired) electrons. The molecule has 43 heavy (non-hydrogen) atoms. The van der Waals surface area contributed by atoms with Crippen LogP contribution in [0.2, 0.25) is 5.02 Å². The van der Waals surface area contributed by atoms with Gasteiger partial charge in [0, 0.05) is 58.1 Å². The van der Waals surface area contributed by atoms with Crippen LogP contribution >= 0.6 is 43.5 Å². The van der Waals surface area contributed by atoms with Gasteiger partial charge in [-0.3, -0.25) is 14.7 Å². The van der Waals surface area contributed by atoms with E-state index in [1.54, 1.807) is 6.20 Å². The first-order valence-corrected chi connectivity index (χ1v) is 16.9. The molecule has 9 heteroatoms. The number of aryl methyl sites for hydroxylation is 3. The average Bonchev–Trinajstić information content (AvgIpc) is 3.46. The number of carbonyl (C=O) groups is 1. The van der Waals surface area contributed by atoms with E-state index in [1.807, 2.05) is 43.0 Å². The minimum atomic E-state index is -0.201. The number of aromatic nitrogens is 3. The molecule has 1 fully saturated rings. The number of nitrogens with zero attached hydrogens (tertiary/aromatic N) is 5. The fraction of sp³-hybridized carbons (Fsp3) is 0.382. The number of rotatable bonds is 8. The van der Waals surface area contributed by atoms with E-state index in [0.29, 0.717) is 13.1 Å². The maximum atomic E-state index is 14.5. The Hall–Kier alpha value is -2.52. The van der Waals surface area contributed by atoms with Gasteiger partial charge in [-0.15, -0.1) is 0 Å². The first-order valence-electron chi connectivity index (χ1n) is 15.0. The molecule has 1 amide bonds. The van der Waals surface area contributed by atoms with Crippen molar-refractivity contribution in [1.29, 1.82) is 0 Å². The van der Waals surface area contributed by atoms with Gasteiger partial charge < -0.3 is 9.47 Å². The molecule has 1 aliphatic heterocycles. The molecule has 1 aliphatic carbocycles. The summed E-state index contributed by atoms with van der Waals surface area (Å²) in [6.45, 7) is 2.98. The van der Waals surface area contributed by atoms with Crippen LogP contribution in [-0.2, 0) is 30.7 Å². The summed E-state index contributed by atoms with van der Waals surface area (Å²) in [5.41, 5.74) is 6.10. The number of fused-ring (bicyclic) bond motifs is 2. The summed E-state index contributed by atoms with van der Waals surface area (Å²) >= 11 is 14.1. The van der Waals surface area contributed by atoms with E-state index in [9.17, 15) is 4.79 Å². The zero-order valence-electron chi connectivity index (χ0n) is 24.3. The van der Waals surface area contributed by atoms with Gasteiger partial charge in [0.1, 0.15) is 0 Å². The molecular weight excluding hydrogens is 690 g/mol. The number of likely N-dealkylation sites (N-methyl/N-ethyl adjacent to an activating group) is 1. The Morgan fingerprint density at radius 2 is 1.93 bits per heavy atom. The highest BCUT2D eigenvalue weighted by Gasteiger charge is 2.41. The highest BCUT2D eigenvalue weighted by molar-refractivity contribution is 9.10. The van der Waals surface area contributed by atoms with Crippen molar-refractivity contribution in [1.82, 2.24) is 24.3 Å². The molecule has 0 saturated carbocycles. The number of amides is 1. The first-order chi connectivity index (χ1) is 20.9. The highest BCUT2D eigenvalue weighted by Crippen LogP contribution is 2.47. The third-order valence-electron chi connectivity index (χ3n) is 9.02. The van der Waals surface area contributed by atoms with Gasteiger partial charge in [0.05, 0.1) is 18.1 Å². The SMILES string of the molecule is CN1CCC(C2c3ncc(Br)cc3CCc3cc(Cl)cc(Br)c32)CC1C(=O)N(CCCn1ccnc1)Cc1ccccc1. The van der Waals surface area contributed by atoms with Crippen LogP contribution in [-0.4, -0.2) is 56.4 Å². The number of benzene rings is 2. The number of hydrogen-bond acceptors (Lipinski definition) is 4. The fourth-order valence-corrected chi connectivity index (χ4v) is 8.38. The van der Waals surface area contributed by atoms with E-state index in [1.165, 1.54) is 16.7 Å². The maximum absolute atomic E-state index is 14.5. The Morgan fingerprint density at radius 1 is 1.12 bits per heavy atom. The van der Waals surface area contributed by atoms with Crippen LogP contribution in [0.3, 0.4) is 0 Å². The molecule has 2 aliphatic rings. The number of halogens is 3. The molecule has 0 bridgehead atoms. The summed E-state index contributed by atoms with van der Waals surface area (Å²) in [5, 5.41) is 0.744. The summed E-state index contributed by atoms with van der Waals surface area (Å²) in [4.78, 5) is 28.0. The van der Waals surface area contributed by atoms with Gasteiger partial charge in [0.25, 0.3) is 0 Å². The van der Waals surface area contributed by atoms with Crippen molar-refractivity contribution in [2.45, 2.75) is 57.2 Å². The second-order valence-corrected chi connectivity index (χ2v) is 14.0. The van der Waals surface area contributed by atoms with E-state index in [-0.39, 0.29) is 23.8 Å². The van der Waals surface area contributed by atoms with E-state index in [2.05, 4.69) is 82.5 Å². The van der Waals surface area contributed by atoms with Crippen LogP contribution in [0.15, 0.2) is 82.4 Å². The summed E-state index contributed by atoms with van der Waals surface area (Å²) in [5.74, 6) is 0.547. The molecular formula is C34H36Br2ClN5O. The molecule has 0 N–H and O–H groups in total. The zero-order valence-corrected chi connectivity index (χ0v) is 28.2. The van der Waals surface area contributed by atoms with Gasteiger partial charge in [-0.1, -0.05) is 57.9 Å². The summed E-state index contributed by atoms with van der Waals surface area (Å²) in [6.07, 6.45) is 12.0. The van der Waals surface area contributed by atoms with Crippen molar-refractivity contribution in [3.05, 3.63) is 115 Å². The number of carbonyl (C=O) groups excluding carboxylic acids is 1. The molecule has 6 rings (SSSR count). The summed E-state index contributed by atoms with van der Waals surface area (Å²) in [6, 6.07) is 16.5. The second-order valence-electron chi connectivity index (χ2n) is 11.8. The van der Waals surface area contributed by atoms with Crippen LogP contribution in [0.1, 0.15) is 53.1 Å². The van der Waals surface area contributed by atoms with E-state index in [4.69, 9.17) is 16.6 Å². The van der Waals surface area contributed by atoms with Crippen molar-refractivity contribution in [3.63, 3.8) is 0 Å². The second kappa shape index (κ2) is 13.6. The zero-order chi connectivity index (χ0) is 29.9. The number of piperidine rings is 1. The lowest BCUT2D eigenvalue weighted by molar-refractivity contribution is -0.139. The fourth-order valence-electron chi connectivity index (χ4n) is 6.88. The predicted octanol–water partition coefficient (Wildman–Crippen LogP) is 7.52. The molecule has 3 atom stereocenters. The standard InChI is InChI=1S/C34H36Br2ClN5O/c1-40-14-10-25(32-31-24(17-28(37)19-29(31)36)8-9-26-16-27(35)20-39-33(26)32)18-30(40)34(43)42(21-23-6-3-2-4-7-23)13-5-12-41-15-11-38-22-41/h2-4,6-7,11,15-17,19-20,22,25,30,32H,5,8-10,12-14,18,21H2,1H3. The summed E-state index contributed by atoms with van der Waals surface area (Å²) < 4.78 is 4.10. The van der Waals surface area contributed by atoms with Crippen molar-refractivity contribution in [3.8, 4) is 0 Å². The predicted molar refractivity (Wildman–Crippen MR) is 178 cm³/mol. The average molecular weight is 726 g/mol. The van der Waals surface area contributed by atoms with E-state index < -0.39 is 0 Å². The number of likely N-dealkylation sites (tertiary alicyclic amines) is 1. The summed E-state index contributed by atoms with van der Waals surface area (Å²) in [7, 11) is 2.10. The lowest BCUT2D eigenvalue weighted by atomic mass is 9.74. The van der Waals surface area contributed by atoms with Gasteiger partial charge in [-0.05, 0) is 108 Å². The van der Waals surface area contributed by atoms with Crippen LogP contribution in [0, 0.1) is 5.92 Å². The van der Waals surface area contributed by atoms with Crippen molar-refractivity contribution in [2.75, 3.05) is 20.1 Å². The quantitative estimate of drug-likeness (QED) is 0.189. The minimum Gasteiger partial charge on any atom is -0.337 e. The third kappa shape index (κ3) is 6.93. The molecule has 2 aromatic heterocycles. The lowest BCUT2D eigenvalue weighted by Crippen LogP contribution is -2.51. The molecule has 224 valence electrons. The lowest BCUT2D eigenvalue weighted by Gasteiger charge is -2.42. The monoisotopic (exact) mass is 723 g/mol. The van der Waals surface area contributed by atoms with Crippen LogP contribution in [0.5, 0.6) is 0 Å². The number of hydrogen-bond donors (Lipinski definition) is 0. The Morgan fingerprint density at radius 3 is 2.72 bits per heavy atom. The van der Waals surface area contributed by atoms with Crippen LogP contribution in [0.4, 0.5) is 0 Å². The molecule has 3 unspecified atom stereocenters. The largest absolute Gasteiger partial charge is 0.337 e. The highest BCUT2D eigenvalue weighted by atomic mass is 79.9. The smallest absolute Gasteiger partial charge is 0.240 e. The van der Waals surface area contributed by atoms with Crippen LogP contribution < -0.4 is 0 Å². The van der Waals surface area contributed by atoms with Gasteiger partial charge in [0.15, 0.2) is 0 Å². The molecule has 1 saturated heterocycles. The number of imidazole rings is 1. The first kappa shape index (κ1) is 30.5. The normalized spacial score (nSPS) is 20.2. The van der Waals surface area contributed by atoms with Gasteiger partial charge in [-0.2, -0.15) is 0 Å². The minimum absolute atomic E-state index is 0.0834. The van der Waals surface area contributed by atoms with Gasteiger partial charge >= 0.3 is 0 Å². The van der Waals surface area contributed by atoms with Crippen molar-refractivity contribution >= 4 is 49.4 Å². The molecule has 4 aromatic rings. The van der Waals surface area contributed by atoms with Gasteiger partial charge in [0.2, 0.25) is 5.91 Å². The van der Waals surface area contributed by atoms with E-state index >= 15 is 0 Å². The molecule has 2 aromatic carbocycles.